The Balaban J connectivity index is 2.56. The first-order chi connectivity index (χ1) is 7.70. The largest absolute Gasteiger partial charge is 0.244 e. The molecule has 0 spiro atoms. The smallest absolute Gasteiger partial charge is 0.129 e. The second-order valence-corrected chi connectivity index (χ2v) is 3.99. The molecule has 0 fully saturated rings. The molecule has 0 unspecified atom stereocenters. The molecule has 0 aliphatic heterocycles. The number of aromatic nitrogens is 1. The van der Waals surface area contributed by atoms with E-state index in [1.807, 2.05) is 6.07 Å². The molecule has 0 aliphatic rings. The minimum Gasteiger partial charge on any atom is -0.244 e. The number of pyridine rings is 1. The van der Waals surface area contributed by atoms with E-state index >= 15 is 0 Å². The van der Waals surface area contributed by atoms with E-state index in [0.717, 1.165) is 11.1 Å². The lowest BCUT2D eigenvalue weighted by molar-refractivity contribution is 1.32. The van der Waals surface area contributed by atoms with Crippen molar-refractivity contribution < 1.29 is 0 Å². The van der Waals surface area contributed by atoms with E-state index in [-0.39, 0.29) is 0 Å². The summed E-state index contributed by atoms with van der Waals surface area (Å²) >= 11 is 11.5. The molecule has 4 heteroatoms. The topological polar surface area (TPSA) is 36.7 Å². The number of rotatable bonds is 1. The Morgan fingerprint density at radius 2 is 1.94 bits per heavy atom. The molecule has 78 valence electrons. The van der Waals surface area contributed by atoms with Gasteiger partial charge in [0.1, 0.15) is 5.15 Å². The SMILES string of the molecule is N#Cc1cc(Cl)ccc1-c1ccc(Cl)nc1. The van der Waals surface area contributed by atoms with Gasteiger partial charge in [0.2, 0.25) is 0 Å². The van der Waals surface area contributed by atoms with Crippen LogP contribution in [0.25, 0.3) is 11.1 Å². The molecule has 2 rings (SSSR count). The molecular formula is C12H6Cl2N2. The number of hydrogen-bond donors (Lipinski definition) is 0. The van der Waals surface area contributed by atoms with Crippen LogP contribution in [0.3, 0.4) is 0 Å². The predicted molar refractivity (Wildman–Crippen MR) is 64.4 cm³/mol. The van der Waals surface area contributed by atoms with Crippen molar-refractivity contribution in [1.82, 2.24) is 4.98 Å². The van der Waals surface area contributed by atoms with Crippen molar-refractivity contribution in [1.29, 1.82) is 5.26 Å². The van der Waals surface area contributed by atoms with Gasteiger partial charge in [0.15, 0.2) is 0 Å². The maximum Gasteiger partial charge on any atom is 0.129 e. The van der Waals surface area contributed by atoms with Crippen molar-refractivity contribution in [2.75, 3.05) is 0 Å². The first-order valence-electron chi connectivity index (χ1n) is 4.52. The molecule has 0 N–H and O–H groups in total. The van der Waals surface area contributed by atoms with E-state index in [2.05, 4.69) is 11.1 Å². The molecule has 16 heavy (non-hydrogen) atoms. The summed E-state index contributed by atoms with van der Waals surface area (Å²) in [5.41, 5.74) is 2.17. The van der Waals surface area contributed by atoms with Crippen molar-refractivity contribution in [3.05, 3.63) is 52.3 Å². The minimum atomic E-state index is 0.427. The van der Waals surface area contributed by atoms with Gasteiger partial charge in [0, 0.05) is 22.3 Å². The van der Waals surface area contributed by atoms with E-state index in [9.17, 15) is 0 Å². The van der Waals surface area contributed by atoms with E-state index < -0.39 is 0 Å². The zero-order valence-corrected chi connectivity index (χ0v) is 9.63. The Bertz CT molecular complexity index is 556. The summed E-state index contributed by atoms with van der Waals surface area (Å²) in [7, 11) is 0. The van der Waals surface area contributed by atoms with Crippen LogP contribution in [0, 0.1) is 11.3 Å². The van der Waals surface area contributed by atoms with Gasteiger partial charge in [-0.2, -0.15) is 5.26 Å². The molecule has 0 radical (unpaired) electrons. The maximum absolute atomic E-state index is 9.00. The Morgan fingerprint density at radius 1 is 1.12 bits per heavy atom. The highest BCUT2D eigenvalue weighted by molar-refractivity contribution is 6.30. The number of nitrogens with zero attached hydrogens (tertiary/aromatic N) is 2. The monoisotopic (exact) mass is 248 g/mol. The van der Waals surface area contributed by atoms with Gasteiger partial charge in [-0.25, -0.2) is 4.98 Å². The van der Waals surface area contributed by atoms with Crippen molar-refractivity contribution in [3.8, 4) is 17.2 Å². The average Bonchev–Trinajstić information content (AvgIpc) is 2.30. The Labute approximate surface area is 103 Å². The lowest BCUT2D eigenvalue weighted by Gasteiger charge is -2.04. The first-order valence-corrected chi connectivity index (χ1v) is 5.28. The summed E-state index contributed by atoms with van der Waals surface area (Å²) in [6.45, 7) is 0. The normalized spacial score (nSPS) is 9.81. The van der Waals surface area contributed by atoms with Gasteiger partial charge in [-0.05, 0) is 24.3 Å². The fourth-order valence-electron chi connectivity index (χ4n) is 1.40. The predicted octanol–water partition coefficient (Wildman–Crippen LogP) is 3.93. The fraction of sp³-hybridized carbons (Fsp3) is 0. The van der Waals surface area contributed by atoms with E-state index in [0.29, 0.717) is 15.7 Å². The molecule has 0 aliphatic carbocycles. The molecule has 0 atom stereocenters. The van der Waals surface area contributed by atoms with Gasteiger partial charge in [-0.1, -0.05) is 29.3 Å². The van der Waals surface area contributed by atoms with Crippen LogP contribution in [0.1, 0.15) is 5.56 Å². The number of benzene rings is 1. The first kappa shape index (κ1) is 10.9. The van der Waals surface area contributed by atoms with Crippen molar-refractivity contribution >= 4 is 23.2 Å². The zero-order valence-electron chi connectivity index (χ0n) is 8.11. The van der Waals surface area contributed by atoms with Crippen LogP contribution in [0.15, 0.2) is 36.5 Å². The Hall–Kier alpha value is -1.56. The molecule has 0 saturated carbocycles. The highest BCUT2D eigenvalue weighted by Crippen LogP contribution is 2.26. The van der Waals surface area contributed by atoms with Crippen LogP contribution in [0.4, 0.5) is 0 Å². The van der Waals surface area contributed by atoms with Gasteiger partial charge >= 0.3 is 0 Å². The quantitative estimate of drug-likeness (QED) is 0.718. The van der Waals surface area contributed by atoms with Gasteiger partial charge in [-0.15, -0.1) is 0 Å². The summed E-state index contributed by atoms with van der Waals surface area (Å²) in [5, 5.41) is 9.97. The van der Waals surface area contributed by atoms with E-state index in [4.69, 9.17) is 28.5 Å². The third-order valence-electron chi connectivity index (χ3n) is 2.14. The molecule has 1 heterocycles. The van der Waals surface area contributed by atoms with Crippen LogP contribution in [-0.4, -0.2) is 4.98 Å². The molecule has 2 nitrogen and oxygen atoms in total. The minimum absolute atomic E-state index is 0.427. The van der Waals surface area contributed by atoms with Gasteiger partial charge in [-0.3, -0.25) is 0 Å². The van der Waals surface area contributed by atoms with Crippen LogP contribution in [0.2, 0.25) is 10.2 Å². The van der Waals surface area contributed by atoms with Crippen LogP contribution >= 0.6 is 23.2 Å². The van der Waals surface area contributed by atoms with Crippen LogP contribution in [-0.2, 0) is 0 Å². The second kappa shape index (κ2) is 4.52. The highest BCUT2D eigenvalue weighted by atomic mass is 35.5. The molecule has 1 aromatic heterocycles. The number of halogens is 2. The third-order valence-corrected chi connectivity index (χ3v) is 2.60. The molecule has 2 aromatic rings. The fourth-order valence-corrected chi connectivity index (χ4v) is 1.68. The zero-order chi connectivity index (χ0) is 11.5. The second-order valence-electron chi connectivity index (χ2n) is 3.17. The van der Waals surface area contributed by atoms with E-state index in [1.165, 1.54) is 0 Å². The Morgan fingerprint density at radius 3 is 2.56 bits per heavy atom. The summed E-state index contributed by atoms with van der Waals surface area (Å²) in [4.78, 5) is 3.98. The maximum atomic E-state index is 9.00. The number of nitriles is 1. The van der Waals surface area contributed by atoms with Gasteiger partial charge < -0.3 is 0 Å². The molecule has 0 saturated heterocycles. The van der Waals surface area contributed by atoms with Crippen molar-refractivity contribution in [2.24, 2.45) is 0 Å². The lowest BCUT2D eigenvalue weighted by Crippen LogP contribution is -1.85. The third kappa shape index (κ3) is 2.16. The summed E-state index contributed by atoms with van der Waals surface area (Å²) < 4.78 is 0. The molecular weight excluding hydrogens is 243 g/mol. The van der Waals surface area contributed by atoms with Gasteiger partial charge in [0.25, 0.3) is 0 Å². The average molecular weight is 249 g/mol. The van der Waals surface area contributed by atoms with Crippen molar-refractivity contribution in [3.63, 3.8) is 0 Å². The molecule has 0 amide bonds. The van der Waals surface area contributed by atoms with Crippen LogP contribution in [0.5, 0.6) is 0 Å². The Kier molecular flexibility index (Phi) is 3.09. The molecule has 1 aromatic carbocycles. The van der Waals surface area contributed by atoms with Crippen molar-refractivity contribution in [2.45, 2.75) is 0 Å². The summed E-state index contributed by atoms with van der Waals surface area (Å²) in [6, 6.07) is 10.8. The molecule has 0 bridgehead atoms. The highest BCUT2D eigenvalue weighted by Gasteiger charge is 2.05. The number of hydrogen-bond acceptors (Lipinski definition) is 2. The summed E-state index contributed by atoms with van der Waals surface area (Å²) in [5.74, 6) is 0. The van der Waals surface area contributed by atoms with Gasteiger partial charge in [0.05, 0.1) is 11.6 Å². The van der Waals surface area contributed by atoms with Crippen LogP contribution < -0.4 is 0 Å². The summed E-state index contributed by atoms with van der Waals surface area (Å²) in [6.07, 6.45) is 1.63. The standard InChI is InChI=1S/C12H6Cl2N2/c13-10-2-3-11(9(5-10)6-15)8-1-4-12(14)16-7-8/h1-5,7H. The van der Waals surface area contributed by atoms with E-state index in [1.54, 1.807) is 30.5 Å². The lowest BCUT2D eigenvalue weighted by atomic mass is 10.0.